The maximum atomic E-state index is 12.9. The molecule has 0 unspecified atom stereocenters. The predicted molar refractivity (Wildman–Crippen MR) is 91.1 cm³/mol. The zero-order valence-corrected chi connectivity index (χ0v) is 13.9. The second-order valence-electron chi connectivity index (χ2n) is 6.68. The highest BCUT2D eigenvalue weighted by molar-refractivity contribution is 5.99. The number of carbonyl (C=O) groups is 3. The van der Waals surface area contributed by atoms with Crippen molar-refractivity contribution in [2.24, 2.45) is 0 Å². The Bertz CT molecular complexity index is 795. The Labute approximate surface area is 145 Å². The fraction of sp³-hybridized carbons (Fsp3) is 0.421. The van der Waals surface area contributed by atoms with Gasteiger partial charge in [-0.2, -0.15) is 0 Å². The molecule has 1 aromatic carbocycles. The van der Waals surface area contributed by atoms with Crippen LogP contribution in [0.4, 0.5) is 0 Å². The van der Waals surface area contributed by atoms with Crippen LogP contribution in [0, 0.1) is 0 Å². The number of hydrogen-bond donors (Lipinski definition) is 0. The van der Waals surface area contributed by atoms with Gasteiger partial charge in [0, 0.05) is 18.5 Å². The quantitative estimate of drug-likeness (QED) is 0.804. The van der Waals surface area contributed by atoms with Crippen LogP contribution in [0.2, 0.25) is 0 Å². The van der Waals surface area contributed by atoms with Gasteiger partial charge in [-0.05, 0) is 37.8 Å². The van der Waals surface area contributed by atoms with Crippen LogP contribution in [-0.4, -0.2) is 53.1 Å². The molecular formula is C19H20N2O4. The number of benzene rings is 1. The standard InChI is InChI=1S/C19H20N2O4/c22-12-14-6-3-9-20(14)18(23)15-7-4-10-21(15)19(24)17-11-13-5-1-2-8-16(13)25-17/h1-2,5,8,11-12,14-15H,3-4,6-7,9-10H2/t14-,15-/m0/s1. The number of aldehydes is 1. The normalized spacial score (nSPS) is 23.4. The Morgan fingerprint density at radius 2 is 1.84 bits per heavy atom. The number of para-hydroxylation sites is 1. The summed E-state index contributed by atoms with van der Waals surface area (Å²) in [7, 11) is 0. The Hall–Kier alpha value is -2.63. The third kappa shape index (κ3) is 2.71. The van der Waals surface area contributed by atoms with Gasteiger partial charge in [-0.3, -0.25) is 9.59 Å². The molecular weight excluding hydrogens is 320 g/mol. The van der Waals surface area contributed by atoms with E-state index in [2.05, 4.69) is 0 Å². The molecule has 2 saturated heterocycles. The van der Waals surface area contributed by atoms with Crippen molar-refractivity contribution < 1.29 is 18.8 Å². The molecule has 1 aromatic heterocycles. The minimum atomic E-state index is -0.499. The Kier molecular flexibility index (Phi) is 4.03. The second kappa shape index (κ2) is 6.35. The monoisotopic (exact) mass is 340 g/mol. The second-order valence-corrected chi connectivity index (χ2v) is 6.68. The van der Waals surface area contributed by atoms with Gasteiger partial charge in [0.2, 0.25) is 5.91 Å². The number of carbonyl (C=O) groups excluding carboxylic acids is 3. The van der Waals surface area contributed by atoms with Gasteiger partial charge in [-0.1, -0.05) is 18.2 Å². The van der Waals surface area contributed by atoms with Crippen molar-refractivity contribution in [2.75, 3.05) is 13.1 Å². The molecule has 2 fully saturated rings. The summed E-state index contributed by atoms with van der Waals surface area (Å²) in [5.41, 5.74) is 0.661. The molecule has 0 aliphatic carbocycles. The summed E-state index contributed by atoms with van der Waals surface area (Å²) in [6.07, 6.45) is 3.79. The molecule has 3 heterocycles. The number of likely N-dealkylation sites (tertiary alicyclic amines) is 2. The first kappa shape index (κ1) is 15.9. The Balaban J connectivity index is 1.57. The summed E-state index contributed by atoms with van der Waals surface area (Å²) >= 11 is 0. The number of nitrogens with zero attached hydrogens (tertiary/aromatic N) is 2. The lowest BCUT2D eigenvalue weighted by Crippen LogP contribution is -2.49. The average Bonchev–Trinajstić information content (AvgIpc) is 3.38. The van der Waals surface area contributed by atoms with E-state index in [1.54, 1.807) is 15.9 Å². The van der Waals surface area contributed by atoms with Crippen molar-refractivity contribution in [3.63, 3.8) is 0 Å². The van der Waals surface area contributed by atoms with E-state index < -0.39 is 6.04 Å². The van der Waals surface area contributed by atoms with Crippen molar-refractivity contribution in [1.82, 2.24) is 9.80 Å². The molecule has 0 saturated carbocycles. The molecule has 130 valence electrons. The summed E-state index contributed by atoms with van der Waals surface area (Å²) in [6, 6.07) is 8.33. The van der Waals surface area contributed by atoms with Crippen LogP contribution in [0.1, 0.15) is 36.2 Å². The van der Waals surface area contributed by atoms with E-state index in [-0.39, 0.29) is 23.6 Å². The zero-order chi connectivity index (χ0) is 17.4. The maximum Gasteiger partial charge on any atom is 0.290 e. The van der Waals surface area contributed by atoms with Crippen LogP contribution in [0.3, 0.4) is 0 Å². The first-order chi connectivity index (χ1) is 12.2. The first-order valence-corrected chi connectivity index (χ1v) is 8.74. The topological polar surface area (TPSA) is 70.8 Å². The van der Waals surface area contributed by atoms with E-state index in [9.17, 15) is 14.4 Å². The molecule has 25 heavy (non-hydrogen) atoms. The van der Waals surface area contributed by atoms with Crippen LogP contribution >= 0.6 is 0 Å². The molecule has 2 atom stereocenters. The van der Waals surface area contributed by atoms with E-state index in [1.165, 1.54) is 0 Å². The van der Waals surface area contributed by atoms with Crippen LogP contribution in [-0.2, 0) is 9.59 Å². The minimum absolute atomic E-state index is 0.114. The van der Waals surface area contributed by atoms with Crippen LogP contribution in [0.15, 0.2) is 34.7 Å². The van der Waals surface area contributed by atoms with Crippen molar-refractivity contribution in [1.29, 1.82) is 0 Å². The van der Waals surface area contributed by atoms with Gasteiger partial charge >= 0.3 is 0 Å². The van der Waals surface area contributed by atoms with Gasteiger partial charge in [-0.25, -0.2) is 0 Å². The Morgan fingerprint density at radius 3 is 2.64 bits per heavy atom. The van der Waals surface area contributed by atoms with Crippen LogP contribution < -0.4 is 0 Å². The summed E-state index contributed by atoms with van der Waals surface area (Å²) in [4.78, 5) is 40.2. The smallest absolute Gasteiger partial charge is 0.290 e. The molecule has 4 rings (SSSR count). The highest BCUT2D eigenvalue weighted by Crippen LogP contribution is 2.27. The molecule has 0 N–H and O–H groups in total. The zero-order valence-electron chi connectivity index (χ0n) is 13.9. The lowest BCUT2D eigenvalue weighted by Gasteiger charge is -2.29. The third-order valence-corrected chi connectivity index (χ3v) is 5.17. The fourth-order valence-electron chi connectivity index (χ4n) is 3.89. The minimum Gasteiger partial charge on any atom is -0.451 e. The van der Waals surface area contributed by atoms with E-state index in [4.69, 9.17) is 4.42 Å². The van der Waals surface area contributed by atoms with Gasteiger partial charge in [0.15, 0.2) is 5.76 Å². The lowest BCUT2D eigenvalue weighted by molar-refractivity contribution is -0.138. The molecule has 2 aromatic rings. The summed E-state index contributed by atoms with van der Waals surface area (Å²) in [5, 5.41) is 0.869. The van der Waals surface area contributed by atoms with E-state index in [0.29, 0.717) is 31.5 Å². The molecule has 6 nitrogen and oxygen atoms in total. The van der Waals surface area contributed by atoms with Gasteiger partial charge in [0.1, 0.15) is 17.9 Å². The van der Waals surface area contributed by atoms with Crippen molar-refractivity contribution in [3.8, 4) is 0 Å². The Morgan fingerprint density at radius 1 is 1.08 bits per heavy atom. The van der Waals surface area contributed by atoms with E-state index >= 15 is 0 Å². The molecule has 2 amide bonds. The average molecular weight is 340 g/mol. The number of amides is 2. The fourth-order valence-corrected chi connectivity index (χ4v) is 3.89. The highest BCUT2D eigenvalue weighted by atomic mass is 16.3. The SMILES string of the molecule is O=C[C@@H]1CCCN1C(=O)[C@@H]1CCCN1C(=O)c1cc2ccccc2o1. The first-order valence-electron chi connectivity index (χ1n) is 8.74. The van der Waals surface area contributed by atoms with Crippen molar-refractivity contribution >= 4 is 29.1 Å². The lowest BCUT2D eigenvalue weighted by atomic mass is 10.1. The molecule has 0 bridgehead atoms. The van der Waals surface area contributed by atoms with E-state index in [0.717, 1.165) is 24.5 Å². The summed E-state index contributed by atoms with van der Waals surface area (Å²) < 4.78 is 5.67. The van der Waals surface area contributed by atoms with Crippen molar-refractivity contribution in [2.45, 2.75) is 37.8 Å². The molecule has 2 aliphatic rings. The summed E-state index contributed by atoms with van der Waals surface area (Å²) in [5.74, 6) is -0.111. The van der Waals surface area contributed by atoms with Crippen LogP contribution in [0.25, 0.3) is 11.0 Å². The number of rotatable bonds is 3. The highest BCUT2D eigenvalue weighted by Gasteiger charge is 2.40. The van der Waals surface area contributed by atoms with Crippen molar-refractivity contribution in [3.05, 3.63) is 36.1 Å². The molecule has 6 heteroatoms. The third-order valence-electron chi connectivity index (χ3n) is 5.17. The molecule has 0 radical (unpaired) electrons. The van der Waals surface area contributed by atoms with Gasteiger partial charge < -0.3 is 19.0 Å². The van der Waals surface area contributed by atoms with Gasteiger partial charge in [0.25, 0.3) is 5.91 Å². The predicted octanol–water partition coefficient (Wildman–Crippen LogP) is 2.23. The van der Waals surface area contributed by atoms with Crippen LogP contribution in [0.5, 0.6) is 0 Å². The number of hydrogen-bond acceptors (Lipinski definition) is 4. The molecule has 0 spiro atoms. The van der Waals surface area contributed by atoms with Gasteiger partial charge in [0.05, 0.1) is 6.04 Å². The maximum absolute atomic E-state index is 12.9. The van der Waals surface area contributed by atoms with E-state index in [1.807, 2.05) is 24.3 Å². The molecule has 2 aliphatic heterocycles. The number of fused-ring (bicyclic) bond motifs is 1. The number of furan rings is 1. The largest absolute Gasteiger partial charge is 0.451 e. The summed E-state index contributed by atoms with van der Waals surface area (Å²) in [6.45, 7) is 1.12. The van der Waals surface area contributed by atoms with Gasteiger partial charge in [-0.15, -0.1) is 0 Å².